The largest absolute Gasteiger partial charge is 0.507 e. The minimum absolute atomic E-state index is 0. The summed E-state index contributed by atoms with van der Waals surface area (Å²) in [6, 6.07) is 55.9. The third-order valence-electron chi connectivity index (χ3n) is 13.5. The number of benzene rings is 7. The summed E-state index contributed by atoms with van der Waals surface area (Å²) in [5.74, 6) is 2.01. The molecule has 1 N–H and O–H groups in total. The first-order valence-electron chi connectivity index (χ1n) is 23.3. The molecule has 1 aliphatic rings. The molecule has 0 spiro atoms. The third-order valence-corrected chi connectivity index (χ3v) is 13.5. The number of rotatable bonds is 9. The number of imidazole rings is 1. The zero-order chi connectivity index (χ0) is 45.1. The van der Waals surface area contributed by atoms with E-state index in [-0.39, 0.29) is 26.8 Å². The van der Waals surface area contributed by atoms with E-state index in [2.05, 4.69) is 187 Å². The molecule has 0 atom stereocenters. The van der Waals surface area contributed by atoms with Crippen LogP contribution in [0.4, 0.5) is 0 Å². The fraction of sp³-hybridized carbons (Fsp3) is 0.213. The van der Waals surface area contributed by atoms with Gasteiger partial charge in [0.25, 0.3) is 0 Å². The Morgan fingerprint density at radius 1 is 0.561 bits per heavy atom. The van der Waals surface area contributed by atoms with Crippen LogP contribution in [0.25, 0.3) is 84.0 Å². The molecule has 0 bridgehead atoms. The first-order valence-corrected chi connectivity index (χ1v) is 23.3. The maximum Gasteiger partial charge on any atom is 0.163 e. The van der Waals surface area contributed by atoms with E-state index in [1.165, 1.54) is 38.9 Å². The number of phenols is 1. The molecule has 0 unspecified atom stereocenters. The van der Waals surface area contributed by atoms with Gasteiger partial charge in [-0.1, -0.05) is 150 Å². The summed E-state index contributed by atoms with van der Waals surface area (Å²) in [5.41, 5.74) is 23.1. The second-order valence-corrected chi connectivity index (χ2v) is 18.8. The van der Waals surface area contributed by atoms with Crippen LogP contribution >= 0.6 is 0 Å². The maximum atomic E-state index is 11.3. The molecule has 0 saturated heterocycles. The third kappa shape index (κ3) is 7.74. The Balaban J connectivity index is 0.00000548. The summed E-state index contributed by atoms with van der Waals surface area (Å²) in [7, 11) is 0. The van der Waals surface area contributed by atoms with Gasteiger partial charge in [-0.3, -0.25) is 4.57 Å². The number of pyridine rings is 1. The van der Waals surface area contributed by atoms with Crippen molar-refractivity contribution < 1.29 is 26.2 Å². The molecule has 2 heterocycles. The summed E-state index contributed by atoms with van der Waals surface area (Å²) in [4.78, 5) is 11.2. The van der Waals surface area contributed by atoms with Crippen molar-refractivity contribution in [2.75, 3.05) is 0 Å². The normalized spacial score (nSPS) is 12.2. The van der Waals surface area contributed by atoms with Gasteiger partial charge in [-0.15, -0.1) is 35.9 Å². The van der Waals surface area contributed by atoms with Crippen molar-refractivity contribution in [3.63, 3.8) is 0 Å². The quantitative estimate of drug-likeness (QED) is 0.147. The van der Waals surface area contributed by atoms with Crippen molar-refractivity contribution in [2.24, 2.45) is 0 Å². The Morgan fingerprint density at radius 2 is 1.21 bits per heavy atom. The van der Waals surface area contributed by atoms with Crippen LogP contribution < -0.4 is 0 Å². The molecule has 5 heteroatoms. The topological polar surface area (TPSA) is 50.9 Å². The van der Waals surface area contributed by atoms with Crippen molar-refractivity contribution in [1.82, 2.24) is 14.5 Å². The van der Waals surface area contributed by atoms with Gasteiger partial charge in [0.15, 0.2) is 5.82 Å². The molecule has 0 saturated carbocycles. The van der Waals surface area contributed by atoms with Crippen molar-refractivity contribution in [1.29, 1.82) is 0 Å². The molecular formula is C61H56N3OPt-. The number of para-hydroxylation sites is 1. The molecule has 4 nitrogen and oxygen atoms in total. The molecule has 0 radical (unpaired) electrons. The first-order chi connectivity index (χ1) is 31.5. The van der Waals surface area contributed by atoms with Gasteiger partial charge >= 0.3 is 0 Å². The number of aromatic nitrogens is 3. The van der Waals surface area contributed by atoms with Crippen LogP contribution in [0, 0.1) is 19.9 Å². The van der Waals surface area contributed by atoms with E-state index in [4.69, 9.17) is 9.97 Å². The van der Waals surface area contributed by atoms with Crippen LogP contribution in [-0.2, 0) is 33.9 Å². The van der Waals surface area contributed by atoms with Crippen LogP contribution in [-0.4, -0.2) is 19.6 Å². The van der Waals surface area contributed by atoms with Gasteiger partial charge < -0.3 is 5.11 Å². The minimum atomic E-state index is 0. The minimum Gasteiger partial charge on any atom is -0.507 e. The smallest absolute Gasteiger partial charge is 0.163 e. The number of hydrogen-bond donors (Lipinski definition) is 1. The molecule has 7 aromatic carbocycles. The predicted molar refractivity (Wildman–Crippen MR) is 271 cm³/mol. The molecular weight excluding hydrogens is 986 g/mol. The van der Waals surface area contributed by atoms with Gasteiger partial charge in [0.1, 0.15) is 11.4 Å². The van der Waals surface area contributed by atoms with Gasteiger partial charge in [-0.2, -0.15) is 0 Å². The van der Waals surface area contributed by atoms with Crippen LogP contribution in [0.15, 0.2) is 146 Å². The number of hydrogen-bond acceptors (Lipinski definition) is 3. The Morgan fingerprint density at radius 3 is 1.89 bits per heavy atom. The Hall–Kier alpha value is -6.35. The molecule has 2 aromatic heterocycles. The Labute approximate surface area is 404 Å². The van der Waals surface area contributed by atoms with E-state index in [1.54, 1.807) is 6.07 Å². The fourth-order valence-corrected chi connectivity index (χ4v) is 10.3. The first kappa shape index (κ1) is 44.8. The standard InChI is InChI=1S/C61H56N3O.Pt/c1-36(2)45-34-49(37(3)4)57(50(35-45)38(5)6)47-26-17-25-46(41-20-11-9-12-21-41)56(47)48-31-33-52-59(54(48)42-22-13-10-14-23-42)63-61(64(52)60-39(7)18-15-19-40(60)8)51-32-30-44-29-28-43-24-16-27-53(65)55(43)58(44)62-51;/h9-22,24-27,30-38,65H,28-29H2,1-8H3;/q-1;. The average molecular weight is 1040 g/mol. The number of nitrogens with zero attached hydrogens (tertiary/aromatic N) is 3. The summed E-state index contributed by atoms with van der Waals surface area (Å²) < 4.78 is 2.32. The second kappa shape index (κ2) is 18.1. The fourth-order valence-electron chi connectivity index (χ4n) is 10.3. The van der Waals surface area contributed by atoms with Gasteiger partial charge in [0, 0.05) is 26.6 Å². The maximum absolute atomic E-state index is 11.3. The van der Waals surface area contributed by atoms with E-state index in [1.807, 2.05) is 18.2 Å². The van der Waals surface area contributed by atoms with Crippen molar-refractivity contribution in [3.05, 3.63) is 191 Å². The molecule has 66 heavy (non-hydrogen) atoms. The Kier molecular flexibility index (Phi) is 12.3. The van der Waals surface area contributed by atoms with E-state index < -0.39 is 0 Å². The van der Waals surface area contributed by atoms with E-state index >= 15 is 0 Å². The van der Waals surface area contributed by atoms with Crippen LogP contribution in [0.3, 0.4) is 0 Å². The van der Waals surface area contributed by atoms with Gasteiger partial charge in [0.05, 0.1) is 22.4 Å². The monoisotopic (exact) mass is 1040 g/mol. The molecule has 1 aliphatic carbocycles. The SMILES string of the molecule is Cc1cccc(C)c1-n1c(-c2ccc3c(n2)-c2c(O)cccc2CC3)nc2c(-c3[c-]cccc3)c(-c3c(-c4ccccc4)cccc3-c3c(C(C)C)cc(C(C)C)cc3C(C)C)ccc21.[Pt]. The van der Waals surface area contributed by atoms with E-state index in [0.717, 1.165) is 96.8 Å². The second-order valence-electron chi connectivity index (χ2n) is 18.8. The van der Waals surface area contributed by atoms with Crippen molar-refractivity contribution >= 4 is 11.0 Å². The zero-order valence-corrected chi connectivity index (χ0v) is 41.4. The van der Waals surface area contributed by atoms with Crippen molar-refractivity contribution in [2.45, 2.75) is 86.0 Å². The van der Waals surface area contributed by atoms with Crippen LogP contribution in [0.1, 0.15) is 98.2 Å². The number of aryl methyl sites for hydroxylation is 4. The van der Waals surface area contributed by atoms with E-state index in [9.17, 15) is 5.11 Å². The molecule has 10 rings (SSSR count). The summed E-state index contributed by atoms with van der Waals surface area (Å²) in [6.45, 7) is 18.3. The number of fused-ring (bicyclic) bond motifs is 4. The number of phenolic OH excluding ortho intramolecular Hbond substituents is 1. The summed E-state index contributed by atoms with van der Waals surface area (Å²) >= 11 is 0. The number of aromatic hydroxyl groups is 1. The van der Waals surface area contributed by atoms with Gasteiger partial charge in [-0.25, -0.2) is 9.97 Å². The van der Waals surface area contributed by atoms with Crippen molar-refractivity contribution in [3.8, 4) is 78.7 Å². The molecule has 9 aromatic rings. The average Bonchev–Trinajstić information content (AvgIpc) is 3.69. The predicted octanol–water partition coefficient (Wildman–Crippen LogP) is 16.0. The van der Waals surface area contributed by atoms with Gasteiger partial charge in [-0.05, 0) is 135 Å². The molecule has 332 valence electrons. The van der Waals surface area contributed by atoms with Crippen LogP contribution in [0.5, 0.6) is 5.75 Å². The summed E-state index contributed by atoms with van der Waals surface area (Å²) in [6.07, 6.45) is 1.73. The van der Waals surface area contributed by atoms with Crippen LogP contribution in [0.2, 0.25) is 0 Å². The summed E-state index contributed by atoms with van der Waals surface area (Å²) in [5, 5.41) is 11.3. The molecule has 0 aliphatic heterocycles. The van der Waals surface area contributed by atoms with Gasteiger partial charge in [0.2, 0.25) is 0 Å². The van der Waals surface area contributed by atoms with E-state index in [0.29, 0.717) is 17.8 Å². The molecule has 0 amide bonds. The molecule has 0 fully saturated rings. The Bertz CT molecular complexity index is 3220. The zero-order valence-electron chi connectivity index (χ0n) is 39.1.